The van der Waals surface area contributed by atoms with Crippen molar-refractivity contribution >= 4 is 27.7 Å². The third-order valence-electron chi connectivity index (χ3n) is 2.37. The highest BCUT2D eigenvalue weighted by molar-refractivity contribution is 9.10. The number of hydrogen-bond acceptors (Lipinski definition) is 3. The average Bonchev–Trinajstić information content (AvgIpc) is 2.21. The van der Waals surface area contributed by atoms with Gasteiger partial charge in [-0.25, -0.2) is 9.78 Å². The van der Waals surface area contributed by atoms with Crippen LogP contribution in [0.25, 0.3) is 0 Å². The van der Waals surface area contributed by atoms with E-state index in [2.05, 4.69) is 26.2 Å². The molecular weight excluding hydrogens is 284 g/mol. The Morgan fingerprint density at radius 3 is 2.71 bits per heavy atom. The van der Waals surface area contributed by atoms with Gasteiger partial charge in [0.05, 0.1) is 0 Å². The molecule has 1 heterocycles. The van der Waals surface area contributed by atoms with E-state index in [9.17, 15) is 4.79 Å². The summed E-state index contributed by atoms with van der Waals surface area (Å²) in [4.78, 5) is 15.2. The fourth-order valence-corrected chi connectivity index (χ4v) is 1.71. The first-order chi connectivity index (χ1) is 7.90. The second-order valence-electron chi connectivity index (χ2n) is 4.48. The Labute approximate surface area is 110 Å². The van der Waals surface area contributed by atoms with Gasteiger partial charge in [-0.05, 0) is 46.8 Å². The zero-order valence-corrected chi connectivity index (χ0v) is 11.8. The highest BCUT2D eigenvalue weighted by atomic mass is 79.9. The minimum Gasteiger partial charge on any atom is -0.480 e. The van der Waals surface area contributed by atoms with E-state index >= 15 is 0 Å². The molecule has 1 atom stereocenters. The van der Waals surface area contributed by atoms with Crippen LogP contribution in [0.4, 0.5) is 5.82 Å². The Balaban J connectivity index is 2.78. The van der Waals surface area contributed by atoms with Gasteiger partial charge in [-0.2, -0.15) is 0 Å². The van der Waals surface area contributed by atoms with Gasteiger partial charge in [0, 0.05) is 10.7 Å². The standard InChI is InChI=1S/C12H17BrN2O2/c1-7(2)4-10(12(16)17)15-11-5-8(3)9(13)6-14-11/h5-7,10H,4H2,1-3H3,(H,14,15)(H,16,17)/t10-/m0/s1. The number of halogens is 1. The molecule has 94 valence electrons. The van der Waals surface area contributed by atoms with E-state index in [-0.39, 0.29) is 0 Å². The molecule has 0 aliphatic carbocycles. The van der Waals surface area contributed by atoms with Crippen molar-refractivity contribution in [2.75, 3.05) is 5.32 Å². The smallest absolute Gasteiger partial charge is 0.326 e. The summed E-state index contributed by atoms with van der Waals surface area (Å²) in [7, 11) is 0. The summed E-state index contributed by atoms with van der Waals surface area (Å²) in [5, 5.41) is 12.1. The Morgan fingerprint density at radius 1 is 1.59 bits per heavy atom. The molecule has 0 bridgehead atoms. The summed E-state index contributed by atoms with van der Waals surface area (Å²) in [5.74, 6) is 0.0694. The van der Waals surface area contributed by atoms with Crippen LogP contribution < -0.4 is 5.32 Å². The number of hydrogen-bond donors (Lipinski definition) is 2. The van der Waals surface area contributed by atoms with Gasteiger partial charge in [0.2, 0.25) is 0 Å². The molecule has 0 amide bonds. The maximum absolute atomic E-state index is 11.1. The fraction of sp³-hybridized carbons (Fsp3) is 0.500. The van der Waals surface area contributed by atoms with Crippen molar-refractivity contribution in [2.24, 2.45) is 5.92 Å². The third-order valence-corrected chi connectivity index (χ3v) is 3.20. The summed E-state index contributed by atoms with van der Waals surface area (Å²) in [6.07, 6.45) is 2.25. The molecular formula is C12H17BrN2O2. The lowest BCUT2D eigenvalue weighted by atomic mass is 10.0. The summed E-state index contributed by atoms with van der Waals surface area (Å²) in [6, 6.07) is 1.24. The Morgan fingerprint density at radius 2 is 2.24 bits per heavy atom. The minimum absolute atomic E-state index is 0.320. The maximum atomic E-state index is 11.1. The number of nitrogens with one attached hydrogen (secondary N) is 1. The van der Waals surface area contributed by atoms with Gasteiger partial charge in [-0.3, -0.25) is 0 Å². The van der Waals surface area contributed by atoms with Crippen molar-refractivity contribution in [3.63, 3.8) is 0 Å². The zero-order valence-electron chi connectivity index (χ0n) is 10.2. The van der Waals surface area contributed by atoms with Crippen molar-refractivity contribution in [3.8, 4) is 0 Å². The molecule has 5 heteroatoms. The van der Waals surface area contributed by atoms with E-state index in [0.717, 1.165) is 10.0 Å². The lowest BCUT2D eigenvalue weighted by Gasteiger charge is -2.17. The van der Waals surface area contributed by atoms with Crippen molar-refractivity contribution in [1.82, 2.24) is 4.98 Å². The Hall–Kier alpha value is -1.10. The molecule has 0 saturated carbocycles. The number of rotatable bonds is 5. The van der Waals surface area contributed by atoms with Crippen molar-refractivity contribution < 1.29 is 9.90 Å². The predicted octanol–water partition coefficient (Wildman–Crippen LogP) is 3.06. The monoisotopic (exact) mass is 300 g/mol. The number of aryl methyl sites for hydroxylation is 1. The first kappa shape index (κ1) is 14.0. The first-order valence-corrected chi connectivity index (χ1v) is 6.31. The Bertz CT molecular complexity index is 407. The van der Waals surface area contributed by atoms with E-state index in [1.165, 1.54) is 0 Å². The van der Waals surface area contributed by atoms with Gasteiger partial charge in [0.1, 0.15) is 11.9 Å². The van der Waals surface area contributed by atoms with Crippen LogP contribution in [0.1, 0.15) is 25.8 Å². The van der Waals surface area contributed by atoms with Crippen LogP contribution in [0.3, 0.4) is 0 Å². The number of aliphatic carboxylic acids is 1. The molecule has 4 nitrogen and oxygen atoms in total. The number of nitrogens with zero attached hydrogens (tertiary/aromatic N) is 1. The van der Waals surface area contributed by atoms with E-state index in [1.807, 2.05) is 26.8 Å². The quantitative estimate of drug-likeness (QED) is 0.877. The molecule has 1 aromatic heterocycles. The molecule has 0 fully saturated rings. The lowest BCUT2D eigenvalue weighted by Crippen LogP contribution is -2.31. The van der Waals surface area contributed by atoms with E-state index in [4.69, 9.17) is 5.11 Å². The van der Waals surface area contributed by atoms with Crippen LogP contribution in [0, 0.1) is 12.8 Å². The molecule has 1 aromatic rings. The summed E-state index contributed by atoms with van der Waals surface area (Å²) < 4.78 is 0.916. The SMILES string of the molecule is Cc1cc(N[C@@H](CC(C)C)C(=O)O)ncc1Br. The van der Waals surface area contributed by atoms with Crippen LogP contribution >= 0.6 is 15.9 Å². The van der Waals surface area contributed by atoms with Crippen LogP contribution in [0.2, 0.25) is 0 Å². The maximum Gasteiger partial charge on any atom is 0.326 e. The number of pyridine rings is 1. The van der Waals surface area contributed by atoms with E-state index < -0.39 is 12.0 Å². The van der Waals surface area contributed by atoms with Crippen LogP contribution in [-0.4, -0.2) is 22.1 Å². The van der Waals surface area contributed by atoms with Crippen molar-refractivity contribution in [1.29, 1.82) is 0 Å². The van der Waals surface area contributed by atoms with Gasteiger partial charge >= 0.3 is 5.97 Å². The highest BCUT2D eigenvalue weighted by Gasteiger charge is 2.19. The van der Waals surface area contributed by atoms with Crippen molar-refractivity contribution in [2.45, 2.75) is 33.2 Å². The van der Waals surface area contributed by atoms with Crippen molar-refractivity contribution in [3.05, 3.63) is 22.3 Å². The summed E-state index contributed by atoms with van der Waals surface area (Å²) in [6.45, 7) is 5.94. The normalized spacial score (nSPS) is 12.5. The highest BCUT2D eigenvalue weighted by Crippen LogP contribution is 2.18. The number of carboxylic acids is 1. The second-order valence-corrected chi connectivity index (χ2v) is 5.34. The van der Waals surface area contributed by atoms with Gasteiger partial charge in [-0.1, -0.05) is 13.8 Å². The molecule has 0 radical (unpaired) electrons. The number of aromatic nitrogens is 1. The number of anilines is 1. The molecule has 17 heavy (non-hydrogen) atoms. The molecule has 2 N–H and O–H groups in total. The number of carboxylic acid groups (broad SMARTS) is 1. The molecule has 0 aromatic carbocycles. The second kappa shape index (κ2) is 6.00. The predicted molar refractivity (Wildman–Crippen MR) is 71.2 cm³/mol. The van der Waals surface area contributed by atoms with E-state index in [1.54, 1.807) is 6.20 Å². The first-order valence-electron chi connectivity index (χ1n) is 5.51. The largest absolute Gasteiger partial charge is 0.480 e. The van der Waals surface area contributed by atoms with Gasteiger partial charge in [0.15, 0.2) is 0 Å². The van der Waals surface area contributed by atoms with Crippen LogP contribution in [-0.2, 0) is 4.79 Å². The van der Waals surface area contributed by atoms with Crippen LogP contribution in [0.5, 0.6) is 0 Å². The van der Waals surface area contributed by atoms with Gasteiger partial charge in [0.25, 0.3) is 0 Å². The lowest BCUT2D eigenvalue weighted by molar-refractivity contribution is -0.138. The average molecular weight is 301 g/mol. The summed E-state index contributed by atoms with van der Waals surface area (Å²) >= 11 is 3.36. The molecule has 0 saturated heterocycles. The summed E-state index contributed by atoms with van der Waals surface area (Å²) in [5.41, 5.74) is 1.02. The molecule has 1 rings (SSSR count). The third kappa shape index (κ3) is 4.34. The Kier molecular flexibility index (Phi) is 4.93. The topological polar surface area (TPSA) is 62.2 Å². The molecule has 0 aliphatic rings. The fourth-order valence-electron chi connectivity index (χ4n) is 1.49. The molecule has 0 unspecified atom stereocenters. The molecule has 0 spiro atoms. The zero-order chi connectivity index (χ0) is 13.0. The number of carbonyl (C=O) groups is 1. The van der Waals surface area contributed by atoms with Gasteiger partial charge in [-0.15, -0.1) is 0 Å². The molecule has 0 aliphatic heterocycles. The van der Waals surface area contributed by atoms with E-state index in [0.29, 0.717) is 18.2 Å². The van der Waals surface area contributed by atoms with Gasteiger partial charge < -0.3 is 10.4 Å². The minimum atomic E-state index is -0.846. The van der Waals surface area contributed by atoms with Crippen LogP contribution in [0.15, 0.2) is 16.7 Å².